The Hall–Kier alpha value is -5.08. The van der Waals surface area contributed by atoms with Crippen LogP contribution < -0.4 is 15.5 Å². The summed E-state index contributed by atoms with van der Waals surface area (Å²) in [5.41, 5.74) is 5.09. The number of nitrogens with zero attached hydrogens (tertiary/aromatic N) is 3. The van der Waals surface area contributed by atoms with Gasteiger partial charge in [0.2, 0.25) is 5.91 Å². The highest BCUT2D eigenvalue weighted by atomic mass is 32.1. The quantitative estimate of drug-likeness (QED) is 0.157. The molecule has 0 radical (unpaired) electrons. The Morgan fingerprint density at radius 2 is 1.45 bits per heavy atom. The van der Waals surface area contributed by atoms with Gasteiger partial charge in [-0.2, -0.15) is 0 Å². The van der Waals surface area contributed by atoms with Gasteiger partial charge in [0.25, 0.3) is 5.91 Å². The number of anilines is 4. The van der Waals surface area contributed by atoms with Crippen LogP contribution >= 0.6 is 11.3 Å². The first-order valence-corrected chi connectivity index (χ1v) is 18.9. The van der Waals surface area contributed by atoms with E-state index in [1.54, 1.807) is 28.6 Å². The lowest BCUT2D eigenvalue weighted by molar-refractivity contribution is -0.117. The minimum absolute atomic E-state index is 0.0831. The molecular weight excluding hydrogens is 651 g/mol. The number of para-hydroxylation sites is 3. The topological polar surface area (TPSA) is 87.2 Å². The number of hydrogen-bond donors (Lipinski definition) is 2. The second kappa shape index (κ2) is 16.3. The smallest absolute Gasteiger partial charge is 0.257 e. The molecule has 1 saturated carbocycles. The summed E-state index contributed by atoms with van der Waals surface area (Å²) in [5, 5.41) is 9.57. The van der Waals surface area contributed by atoms with Crippen molar-refractivity contribution < 1.29 is 9.59 Å². The Kier molecular flexibility index (Phi) is 11.4. The standard InChI is InChI=1S/C22H23N3O.C21H24N2OS/c26-22(25-18-14-16-8-4-6-12-20(16)23-15-18)19-11-5-7-13-21(19)24-17-9-2-1-3-10-17;1-5-19(24)23(20-12-11-18(25-20)21(3,4)6-2)16-13-15-9-7-8-10-17(15)22-14-16/h4-8,11-15,17,24H,1-3,9-10H2,(H,25,26);7-14H,5-6H2,1-4H3. The average molecular weight is 698 g/mol. The van der Waals surface area contributed by atoms with E-state index < -0.39 is 0 Å². The summed E-state index contributed by atoms with van der Waals surface area (Å²) in [5.74, 6) is -0.0271. The first-order valence-electron chi connectivity index (χ1n) is 18.1. The average Bonchev–Trinajstić information content (AvgIpc) is 3.66. The lowest BCUT2D eigenvalue weighted by atomic mass is 9.89. The van der Waals surface area contributed by atoms with Crippen molar-refractivity contribution in [2.45, 2.75) is 84.1 Å². The largest absolute Gasteiger partial charge is 0.382 e. The molecule has 3 aromatic carbocycles. The minimum Gasteiger partial charge on any atom is -0.382 e. The maximum atomic E-state index is 12.8. The molecule has 8 heteroatoms. The lowest BCUT2D eigenvalue weighted by Crippen LogP contribution is -2.24. The van der Waals surface area contributed by atoms with E-state index in [1.165, 1.54) is 37.0 Å². The summed E-state index contributed by atoms with van der Waals surface area (Å²) in [6.45, 7) is 8.58. The van der Waals surface area contributed by atoms with Gasteiger partial charge in [-0.15, -0.1) is 11.3 Å². The number of thiophene rings is 1. The van der Waals surface area contributed by atoms with Gasteiger partial charge in [-0.3, -0.25) is 24.5 Å². The normalized spacial score (nSPS) is 13.3. The number of amides is 2. The molecule has 1 fully saturated rings. The summed E-state index contributed by atoms with van der Waals surface area (Å²) < 4.78 is 0. The minimum atomic E-state index is -0.110. The van der Waals surface area contributed by atoms with Crippen LogP contribution in [0.25, 0.3) is 21.8 Å². The molecule has 0 unspecified atom stereocenters. The molecular formula is C43H47N5O2S. The van der Waals surface area contributed by atoms with Crippen molar-refractivity contribution in [3.63, 3.8) is 0 Å². The van der Waals surface area contributed by atoms with Crippen molar-refractivity contribution in [2.24, 2.45) is 0 Å². The predicted octanol–water partition coefficient (Wildman–Crippen LogP) is 11.3. The molecule has 0 atom stereocenters. The Morgan fingerprint density at radius 3 is 2.16 bits per heavy atom. The van der Waals surface area contributed by atoms with Gasteiger partial charge >= 0.3 is 0 Å². The summed E-state index contributed by atoms with van der Waals surface area (Å²) >= 11 is 1.69. The molecule has 262 valence electrons. The number of nitrogens with one attached hydrogen (secondary N) is 2. The zero-order chi connectivity index (χ0) is 35.8. The third-order valence-corrected chi connectivity index (χ3v) is 11.2. The van der Waals surface area contributed by atoms with E-state index in [2.05, 4.69) is 53.5 Å². The van der Waals surface area contributed by atoms with E-state index in [0.29, 0.717) is 23.7 Å². The summed E-state index contributed by atoms with van der Waals surface area (Å²) in [6, 6.07) is 32.3. The third kappa shape index (κ3) is 8.63. The highest BCUT2D eigenvalue weighted by Crippen LogP contribution is 2.39. The second-order valence-electron chi connectivity index (χ2n) is 13.7. The Bertz CT molecular complexity index is 2120. The van der Waals surface area contributed by atoms with Crippen LogP contribution in [-0.4, -0.2) is 27.8 Å². The van der Waals surface area contributed by atoms with Gasteiger partial charge in [0.05, 0.1) is 40.4 Å². The molecule has 6 aromatic rings. The second-order valence-corrected chi connectivity index (χ2v) is 14.8. The van der Waals surface area contributed by atoms with Gasteiger partial charge in [-0.1, -0.05) is 95.5 Å². The van der Waals surface area contributed by atoms with Crippen LogP contribution in [0.1, 0.15) is 87.9 Å². The van der Waals surface area contributed by atoms with Crippen molar-refractivity contribution in [3.05, 3.63) is 120 Å². The molecule has 3 heterocycles. The van der Waals surface area contributed by atoms with Crippen LogP contribution in [0.15, 0.2) is 109 Å². The molecule has 0 saturated heterocycles. The van der Waals surface area contributed by atoms with E-state index in [9.17, 15) is 9.59 Å². The van der Waals surface area contributed by atoms with Crippen molar-refractivity contribution in [3.8, 4) is 0 Å². The third-order valence-electron chi connectivity index (χ3n) is 9.73. The van der Waals surface area contributed by atoms with Crippen molar-refractivity contribution >= 4 is 67.0 Å². The Labute approximate surface area is 305 Å². The number of hydrogen-bond acceptors (Lipinski definition) is 6. The maximum Gasteiger partial charge on any atom is 0.257 e. The fourth-order valence-electron chi connectivity index (χ4n) is 6.33. The fourth-order valence-corrected chi connectivity index (χ4v) is 7.55. The lowest BCUT2D eigenvalue weighted by Gasteiger charge is -2.25. The first kappa shape index (κ1) is 35.7. The van der Waals surface area contributed by atoms with Crippen molar-refractivity contribution in [2.75, 3.05) is 15.5 Å². The number of rotatable bonds is 9. The molecule has 3 aromatic heterocycles. The van der Waals surface area contributed by atoms with Crippen LogP contribution in [-0.2, 0) is 10.2 Å². The molecule has 51 heavy (non-hydrogen) atoms. The van der Waals surface area contributed by atoms with Gasteiger partial charge in [0, 0.05) is 33.8 Å². The summed E-state index contributed by atoms with van der Waals surface area (Å²) in [7, 11) is 0. The van der Waals surface area contributed by atoms with Gasteiger partial charge in [-0.05, 0) is 73.2 Å². The first-order chi connectivity index (χ1) is 24.8. The van der Waals surface area contributed by atoms with E-state index in [-0.39, 0.29) is 17.2 Å². The number of carbonyl (C=O) groups excluding carboxylic acids is 2. The van der Waals surface area contributed by atoms with Crippen LogP contribution in [0, 0.1) is 0 Å². The molecule has 0 aliphatic heterocycles. The van der Waals surface area contributed by atoms with Crippen LogP contribution in [0.2, 0.25) is 0 Å². The van der Waals surface area contributed by atoms with Gasteiger partial charge in [0.15, 0.2) is 0 Å². The van der Waals surface area contributed by atoms with Gasteiger partial charge in [-0.25, -0.2) is 0 Å². The zero-order valence-corrected chi connectivity index (χ0v) is 30.8. The number of carbonyl (C=O) groups is 2. The van der Waals surface area contributed by atoms with Crippen LogP contribution in [0.3, 0.4) is 0 Å². The van der Waals surface area contributed by atoms with E-state index in [0.717, 1.165) is 44.6 Å². The summed E-state index contributed by atoms with van der Waals surface area (Å²) in [6.07, 6.45) is 11.2. The highest BCUT2D eigenvalue weighted by molar-refractivity contribution is 7.16. The van der Waals surface area contributed by atoms with Crippen molar-refractivity contribution in [1.82, 2.24) is 9.97 Å². The van der Waals surface area contributed by atoms with Crippen LogP contribution in [0.4, 0.5) is 22.1 Å². The molecule has 0 bridgehead atoms. The van der Waals surface area contributed by atoms with E-state index in [4.69, 9.17) is 0 Å². The fraction of sp³-hybridized carbons (Fsp3) is 0.302. The predicted molar refractivity (Wildman–Crippen MR) is 213 cm³/mol. The Morgan fingerprint density at radius 1 is 0.804 bits per heavy atom. The number of pyridine rings is 2. The SMILES string of the molecule is CCC(=O)N(c1cnc2ccccc2c1)c1ccc(C(C)(C)CC)s1.O=C(Nc1cnc2ccccc2c1)c1ccccc1NC1CCCCC1. The van der Waals surface area contributed by atoms with E-state index >= 15 is 0 Å². The summed E-state index contributed by atoms with van der Waals surface area (Å²) in [4.78, 5) is 37.6. The molecule has 0 spiro atoms. The molecule has 2 amide bonds. The monoisotopic (exact) mass is 697 g/mol. The van der Waals surface area contributed by atoms with E-state index in [1.807, 2.05) is 91.9 Å². The maximum absolute atomic E-state index is 12.8. The van der Waals surface area contributed by atoms with Crippen LogP contribution in [0.5, 0.6) is 0 Å². The molecule has 1 aliphatic carbocycles. The zero-order valence-electron chi connectivity index (χ0n) is 30.0. The number of aromatic nitrogens is 2. The molecule has 7 rings (SSSR count). The molecule has 1 aliphatic rings. The van der Waals surface area contributed by atoms with Gasteiger partial charge in [0.1, 0.15) is 5.00 Å². The molecule has 2 N–H and O–H groups in total. The Balaban J connectivity index is 0.000000176. The van der Waals surface area contributed by atoms with Crippen molar-refractivity contribution in [1.29, 1.82) is 0 Å². The number of benzene rings is 3. The number of fused-ring (bicyclic) bond motifs is 2. The van der Waals surface area contributed by atoms with Gasteiger partial charge < -0.3 is 10.6 Å². The molecule has 7 nitrogen and oxygen atoms in total. The highest BCUT2D eigenvalue weighted by Gasteiger charge is 2.25.